The number of non-ortho nitro benzene ring substituents is 1. The second kappa shape index (κ2) is 6.21. The van der Waals surface area contributed by atoms with Gasteiger partial charge in [0.25, 0.3) is 5.69 Å². The fourth-order valence-corrected chi connectivity index (χ4v) is 1.99. The van der Waals surface area contributed by atoms with Gasteiger partial charge in [-0.05, 0) is 30.2 Å². The van der Waals surface area contributed by atoms with Crippen molar-refractivity contribution in [2.45, 2.75) is 19.8 Å². The smallest absolute Gasteiger partial charge is 0.269 e. The molecule has 22 heavy (non-hydrogen) atoms. The Morgan fingerprint density at radius 1 is 1.05 bits per heavy atom. The van der Waals surface area contributed by atoms with Gasteiger partial charge in [-0.15, -0.1) is 5.11 Å². The summed E-state index contributed by atoms with van der Waals surface area (Å²) in [6.07, 6.45) is 0. The van der Waals surface area contributed by atoms with Crippen LogP contribution >= 0.6 is 0 Å². The van der Waals surface area contributed by atoms with Crippen LogP contribution in [0.5, 0.6) is 11.5 Å². The first kappa shape index (κ1) is 15.4. The van der Waals surface area contributed by atoms with Crippen LogP contribution < -0.4 is 0 Å². The molecule has 0 aliphatic heterocycles. The van der Waals surface area contributed by atoms with Gasteiger partial charge in [-0.25, -0.2) is 0 Å². The Hall–Kier alpha value is -2.96. The van der Waals surface area contributed by atoms with Gasteiger partial charge in [-0.2, -0.15) is 5.11 Å². The lowest BCUT2D eigenvalue weighted by Gasteiger charge is -2.11. The molecule has 0 heterocycles. The number of benzene rings is 2. The molecule has 2 aromatic rings. The molecule has 0 bridgehead atoms. The molecule has 0 aliphatic rings. The Kier molecular flexibility index (Phi) is 4.36. The van der Waals surface area contributed by atoms with Crippen LogP contribution in [0, 0.1) is 10.1 Å². The molecule has 0 saturated carbocycles. The Labute approximate surface area is 126 Å². The molecule has 7 nitrogen and oxygen atoms in total. The molecule has 0 radical (unpaired) electrons. The van der Waals surface area contributed by atoms with E-state index in [1.165, 1.54) is 36.4 Å². The third-order valence-corrected chi connectivity index (χ3v) is 3.08. The molecule has 0 aliphatic carbocycles. The normalized spacial score (nSPS) is 11.2. The van der Waals surface area contributed by atoms with E-state index in [1.54, 1.807) is 0 Å². The van der Waals surface area contributed by atoms with Crippen LogP contribution in [0.3, 0.4) is 0 Å². The number of phenolic OH excluding ortho intramolecular Hbond substituents is 2. The van der Waals surface area contributed by atoms with Crippen molar-refractivity contribution in [1.82, 2.24) is 0 Å². The largest absolute Gasteiger partial charge is 0.508 e. The van der Waals surface area contributed by atoms with Gasteiger partial charge in [-0.1, -0.05) is 13.8 Å². The van der Waals surface area contributed by atoms with E-state index in [-0.39, 0.29) is 28.8 Å². The van der Waals surface area contributed by atoms with Crippen molar-refractivity contribution in [1.29, 1.82) is 0 Å². The van der Waals surface area contributed by atoms with E-state index in [0.717, 1.165) is 0 Å². The third kappa shape index (κ3) is 3.20. The summed E-state index contributed by atoms with van der Waals surface area (Å²) >= 11 is 0. The van der Waals surface area contributed by atoms with Gasteiger partial charge in [0.15, 0.2) is 0 Å². The van der Waals surface area contributed by atoms with Crippen molar-refractivity contribution in [2.75, 3.05) is 0 Å². The molecule has 0 unspecified atom stereocenters. The van der Waals surface area contributed by atoms with Gasteiger partial charge in [0.2, 0.25) is 0 Å². The minimum absolute atomic E-state index is 0.00165. The second-order valence-corrected chi connectivity index (χ2v) is 4.99. The number of rotatable bonds is 4. The van der Waals surface area contributed by atoms with Gasteiger partial charge in [0.1, 0.15) is 17.2 Å². The van der Waals surface area contributed by atoms with Crippen LogP contribution in [0.15, 0.2) is 46.6 Å². The maximum atomic E-state index is 10.6. The molecule has 0 atom stereocenters. The number of hydrogen-bond acceptors (Lipinski definition) is 6. The van der Waals surface area contributed by atoms with E-state index >= 15 is 0 Å². The molecule has 2 rings (SSSR count). The summed E-state index contributed by atoms with van der Waals surface area (Å²) in [5.41, 5.74) is 1.01. The minimum Gasteiger partial charge on any atom is -0.508 e. The molecular weight excluding hydrogens is 286 g/mol. The molecule has 0 fully saturated rings. The summed E-state index contributed by atoms with van der Waals surface area (Å²) in [6.45, 7) is 3.68. The summed E-state index contributed by atoms with van der Waals surface area (Å²) in [6, 6.07) is 8.46. The van der Waals surface area contributed by atoms with Crippen LogP contribution in [0.25, 0.3) is 0 Å². The van der Waals surface area contributed by atoms with E-state index in [9.17, 15) is 20.3 Å². The summed E-state index contributed by atoms with van der Waals surface area (Å²) in [5.74, 6) is -0.197. The van der Waals surface area contributed by atoms with Gasteiger partial charge >= 0.3 is 0 Å². The predicted molar refractivity (Wildman–Crippen MR) is 81.1 cm³/mol. The fraction of sp³-hybridized carbons (Fsp3) is 0.200. The topological polar surface area (TPSA) is 108 Å². The monoisotopic (exact) mass is 301 g/mol. The lowest BCUT2D eigenvalue weighted by Crippen LogP contribution is -1.89. The Balaban J connectivity index is 2.30. The fourth-order valence-electron chi connectivity index (χ4n) is 1.99. The highest BCUT2D eigenvalue weighted by Crippen LogP contribution is 2.41. The van der Waals surface area contributed by atoms with Crippen LogP contribution in [0.1, 0.15) is 25.3 Å². The SMILES string of the molecule is CC(C)c1c(O)ccc(N=Nc2ccc([N+](=O)[O-])cc2)c1O. The molecule has 114 valence electrons. The van der Waals surface area contributed by atoms with Crippen molar-refractivity contribution in [2.24, 2.45) is 10.2 Å². The first-order valence-corrected chi connectivity index (χ1v) is 6.61. The number of nitro benzene ring substituents is 1. The maximum absolute atomic E-state index is 10.6. The van der Waals surface area contributed by atoms with E-state index in [1.807, 2.05) is 13.8 Å². The average molecular weight is 301 g/mol. The number of azo groups is 1. The number of aromatic hydroxyl groups is 2. The number of hydrogen-bond donors (Lipinski definition) is 2. The molecular formula is C15H15N3O4. The van der Waals surface area contributed by atoms with Gasteiger partial charge in [0, 0.05) is 17.7 Å². The minimum atomic E-state index is -0.498. The molecule has 0 saturated heterocycles. The number of phenols is 2. The maximum Gasteiger partial charge on any atom is 0.269 e. The standard InChI is InChI=1S/C15H15N3O4/c1-9(2)14-13(19)8-7-12(15(14)20)17-16-10-3-5-11(6-4-10)18(21)22/h3-9,19-20H,1-2H3. The molecule has 2 N–H and O–H groups in total. The highest BCUT2D eigenvalue weighted by Gasteiger charge is 2.15. The highest BCUT2D eigenvalue weighted by molar-refractivity contribution is 5.61. The van der Waals surface area contributed by atoms with Crippen molar-refractivity contribution >= 4 is 17.1 Å². The number of nitro groups is 1. The summed E-state index contributed by atoms with van der Waals surface area (Å²) in [7, 11) is 0. The van der Waals surface area contributed by atoms with E-state index in [2.05, 4.69) is 10.2 Å². The molecule has 0 aromatic heterocycles. The van der Waals surface area contributed by atoms with Crippen molar-refractivity contribution in [3.05, 3.63) is 52.1 Å². The molecule has 0 amide bonds. The van der Waals surface area contributed by atoms with Gasteiger partial charge in [0.05, 0.1) is 10.6 Å². The predicted octanol–water partition coefficient (Wildman–Crippen LogP) is 4.54. The first-order valence-electron chi connectivity index (χ1n) is 6.61. The quantitative estimate of drug-likeness (QED) is 0.490. The Bertz CT molecular complexity index is 724. The summed E-state index contributed by atoms with van der Waals surface area (Å²) in [4.78, 5) is 10.1. The van der Waals surface area contributed by atoms with E-state index < -0.39 is 4.92 Å². The molecule has 2 aromatic carbocycles. The third-order valence-electron chi connectivity index (χ3n) is 3.08. The van der Waals surface area contributed by atoms with Crippen molar-refractivity contribution in [3.8, 4) is 11.5 Å². The van der Waals surface area contributed by atoms with Crippen LogP contribution in [0.2, 0.25) is 0 Å². The molecule has 0 spiro atoms. The van der Waals surface area contributed by atoms with Crippen molar-refractivity contribution in [3.63, 3.8) is 0 Å². The lowest BCUT2D eigenvalue weighted by molar-refractivity contribution is -0.384. The van der Waals surface area contributed by atoms with Crippen LogP contribution in [-0.2, 0) is 0 Å². The zero-order valence-corrected chi connectivity index (χ0v) is 12.1. The van der Waals surface area contributed by atoms with E-state index in [0.29, 0.717) is 11.3 Å². The van der Waals surface area contributed by atoms with Gasteiger partial charge in [-0.3, -0.25) is 10.1 Å². The zero-order chi connectivity index (χ0) is 16.3. The summed E-state index contributed by atoms with van der Waals surface area (Å²) in [5, 5.41) is 38.3. The van der Waals surface area contributed by atoms with Crippen LogP contribution in [-0.4, -0.2) is 15.1 Å². The number of nitrogens with zero attached hydrogens (tertiary/aromatic N) is 3. The highest BCUT2D eigenvalue weighted by atomic mass is 16.6. The molecule has 7 heteroatoms. The van der Waals surface area contributed by atoms with Gasteiger partial charge < -0.3 is 10.2 Å². The zero-order valence-electron chi connectivity index (χ0n) is 12.1. The summed E-state index contributed by atoms with van der Waals surface area (Å²) < 4.78 is 0. The Morgan fingerprint density at radius 3 is 2.23 bits per heavy atom. The van der Waals surface area contributed by atoms with E-state index in [4.69, 9.17) is 0 Å². The Morgan fingerprint density at radius 2 is 1.68 bits per heavy atom. The van der Waals surface area contributed by atoms with Crippen LogP contribution in [0.4, 0.5) is 17.1 Å². The average Bonchev–Trinajstić information content (AvgIpc) is 2.46. The second-order valence-electron chi connectivity index (χ2n) is 4.99. The van der Waals surface area contributed by atoms with Crippen molar-refractivity contribution < 1.29 is 15.1 Å². The first-order chi connectivity index (χ1) is 10.4. The lowest BCUT2D eigenvalue weighted by atomic mass is 10.00.